The molecule has 0 spiro atoms. The Morgan fingerprint density at radius 1 is 1.24 bits per heavy atom. The topological polar surface area (TPSA) is 83.1 Å². The van der Waals surface area contributed by atoms with Crippen LogP contribution in [0.4, 0.5) is 0 Å². The van der Waals surface area contributed by atoms with Crippen LogP contribution in [-0.4, -0.2) is 55.3 Å². The first-order chi connectivity index (χ1) is 10.3. The van der Waals surface area contributed by atoms with Gasteiger partial charge in [-0.2, -0.15) is 0 Å². The molecule has 0 radical (unpaired) electrons. The van der Waals surface area contributed by atoms with E-state index in [-0.39, 0.29) is 5.84 Å². The molecule has 0 bridgehead atoms. The summed E-state index contributed by atoms with van der Waals surface area (Å²) in [6.07, 6.45) is 2.68. The number of nitrogens with two attached hydrogens (primary N) is 1. The molecule has 1 aromatic rings. The van der Waals surface area contributed by atoms with Crippen molar-refractivity contribution in [1.82, 2.24) is 10.2 Å². The minimum Gasteiger partial charge on any atom is -0.492 e. The number of benzene rings is 1. The molecule has 0 unspecified atom stereocenters. The molecule has 1 heterocycles. The summed E-state index contributed by atoms with van der Waals surface area (Å²) >= 11 is 0. The molecule has 1 aliphatic heterocycles. The molecule has 0 saturated carbocycles. The number of nitrogens with one attached hydrogen (secondary N) is 1. The first-order valence-corrected chi connectivity index (χ1v) is 7.43. The number of hydrogen-bond acceptors (Lipinski definition) is 5. The summed E-state index contributed by atoms with van der Waals surface area (Å²) in [5.74, 6) is 0.885. The zero-order valence-electron chi connectivity index (χ0n) is 12.3. The SMILES string of the molecule is NC(=NO)c1ccc(OCCNCCN2CCCC2)cc1. The largest absolute Gasteiger partial charge is 0.492 e. The summed E-state index contributed by atoms with van der Waals surface area (Å²) < 4.78 is 5.63. The minimum absolute atomic E-state index is 0.102. The van der Waals surface area contributed by atoms with Crippen LogP contribution in [0, 0.1) is 0 Å². The summed E-state index contributed by atoms with van der Waals surface area (Å²) in [5.41, 5.74) is 6.17. The highest BCUT2D eigenvalue weighted by Crippen LogP contribution is 2.11. The number of hydrogen-bond donors (Lipinski definition) is 3. The molecule has 116 valence electrons. The van der Waals surface area contributed by atoms with Gasteiger partial charge in [0.1, 0.15) is 12.4 Å². The van der Waals surface area contributed by atoms with Gasteiger partial charge in [-0.15, -0.1) is 0 Å². The van der Waals surface area contributed by atoms with Gasteiger partial charge in [0.15, 0.2) is 5.84 Å². The molecule has 1 saturated heterocycles. The van der Waals surface area contributed by atoms with Crippen molar-refractivity contribution >= 4 is 5.84 Å². The van der Waals surface area contributed by atoms with Gasteiger partial charge < -0.3 is 25.9 Å². The van der Waals surface area contributed by atoms with E-state index in [9.17, 15) is 0 Å². The van der Waals surface area contributed by atoms with E-state index in [0.717, 1.165) is 25.4 Å². The van der Waals surface area contributed by atoms with Gasteiger partial charge in [-0.25, -0.2) is 0 Å². The van der Waals surface area contributed by atoms with Gasteiger partial charge in [0.2, 0.25) is 0 Å². The molecule has 2 rings (SSSR count). The molecule has 0 amide bonds. The zero-order valence-corrected chi connectivity index (χ0v) is 12.3. The summed E-state index contributed by atoms with van der Waals surface area (Å²) in [6, 6.07) is 7.17. The van der Waals surface area contributed by atoms with Gasteiger partial charge in [-0.3, -0.25) is 0 Å². The lowest BCUT2D eigenvalue weighted by Gasteiger charge is -2.14. The second-order valence-corrected chi connectivity index (χ2v) is 5.16. The number of nitrogens with zero attached hydrogens (tertiary/aromatic N) is 2. The average molecular weight is 292 g/mol. The van der Waals surface area contributed by atoms with Gasteiger partial charge in [0, 0.05) is 25.2 Å². The van der Waals surface area contributed by atoms with E-state index >= 15 is 0 Å². The molecule has 4 N–H and O–H groups in total. The quantitative estimate of drug-likeness (QED) is 0.217. The Labute approximate surface area is 125 Å². The lowest BCUT2D eigenvalue weighted by molar-refractivity contribution is 0.299. The number of ether oxygens (including phenoxy) is 1. The molecule has 0 aliphatic carbocycles. The molecule has 0 atom stereocenters. The molecular formula is C15H24N4O2. The number of likely N-dealkylation sites (tertiary alicyclic amines) is 1. The molecule has 21 heavy (non-hydrogen) atoms. The van der Waals surface area contributed by atoms with Crippen LogP contribution in [0.5, 0.6) is 5.75 Å². The third-order valence-electron chi connectivity index (χ3n) is 3.61. The van der Waals surface area contributed by atoms with Crippen molar-refractivity contribution in [2.45, 2.75) is 12.8 Å². The van der Waals surface area contributed by atoms with Crippen molar-refractivity contribution in [1.29, 1.82) is 0 Å². The van der Waals surface area contributed by atoms with Crippen LogP contribution >= 0.6 is 0 Å². The van der Waals surface area contributed by atoms with Gasteiger partial charge in [0.05, 0.1) is 0 Å². The second-order valence-electron chi connectivity index (χ2n) is 5.16. The molecule has 1 aromatic carbocycles. The van der Waals surface area contributed by atoms with Crippen molar-refractivity contribution in [2.24, 2.45) is 10.9 Å². The molecule has 1 fully saturated rings. The average Bonchev–Trinajstić information content (AvgIpc) is 3.04. The third-order valence-corrected chi connectivity index (χ3v) is 3.61. The van der Waals surface area contributed by atoms with Gasteiger partial charge in [-0.1, -0.05) is 5.16 Å². The second kappa shape index (κ2) is 8.49. The van der Waals surface area contributed by atoms with Crippen molar-refractivity contribution in [3.05, 3.63) is 29.8 Å². The monoisotopic (exact) mass is 292 g/mol. The Morgan fingerprint density at radius 2 is 1.95 bits per heavy atom. The van der Waals surface area contributed by atoms with E-state index in [0.29, 0.717) is 12.2 Å². The van der Waals surface area contributed by atoms with Crippen molar-refractivity contribution in [3.8, 4) is 5.75 Å². The maximum atomic E-state index is 8.58. The van der Waals surface area contributed by atoms with Crippen molar-refractivity contribution in [2.75, 3.05) is 39.3 Å². The van der Waals surface area contributed by atoms with E-state index in [1.165, 1.54) is 25.9 Å². The normalized spacial score (nSPS) is 16.3. The standard InChI is InChI=1S/C15H24N4O2/c16-15(18-20)13-3-5-14(6-4-13)21-12-8-17-7-11-19-9-1-2-10-19/h3-6,17,20H,1-2,7-12H2,(H2,16,18). The summed E-state index contributed by atoms with van der Waals surface area (Å²) in [4.78, 5) is 2.49. The smallest absolute Gasteiger partial charge is 0.170 e. The summed E-state index contributed by atoms with van der Waals surface area (Å²) in [5, 5.41) is 14.9. The molecule has 6 nitrogen and oxygen atoms in total. The Hall–Kier alpha value is -1.79. The minimum atomic E-state index is 0.102. The molecular weight excluding hydrogens is 268 g/mol. The number of rotatable bonds is 8. The van der Waals surface area contributed by atoms with E-state index in [1.807, 2.05) is 12.1 Å². The van der Waals surface area contributed by atoms with Crippen LogP contribution in [0.25, 0.3) is 0 Å². The maximum Gasteiger partial charge on any atom is 0.170 e. The van der Waals surface area contributed by atoms with Crippen LogP contribution in [0.3, 0.4) is 0 Å². The highest BCUT2D eigenvalue weighted by Gasteiger charge is 2.09. The molecule has 0 aromatic heterocycles. The first kappa shape index (κ1) is 15.6. The fraction of sp³-hybridized carbons (Fsp3) is 0.533. The fourth-order valence-electron chi connectivity index (χ4n) is 2.39. The highest BCUT2D eigenvalue weighted by molar-refractivity contribution is 5.97. The van der Waals surface area contributed by atoms with Gasteiger partial charge >= 0.3 is 0 Å². The maximum absolute atomic E-state index is 8.58. The van der Waals surface area contributed by atoms with E-state index in [1.54, 1.807) is 12.1 Å². The van der Waals surface area contributed by atoms with Crippen molar-refractivity contribution in [3.63, 3.8) is 0 Å². The number of amidine groups is 1. The fourth-order valence-corrected chi connectivity index (χ4v) is 2.39. The van der Waals surface area contributed by atoms with Crippen LogP contribution in [-0.2, 0) is 0 Å². The Balaban J connectivity index is 1.58. The van der Waals surface area contributed by atoms with Crippen molar-refractivity contribution < 1.29 is 9.94 Å². The third kappa shape index (κ3) is 5.24. The molecule has 6 heteroatoms. The predicted molar refractivity (Wildman–Crippen MR) is 83.0 cm³/mol. The molecule has 1 aliphatic rings. The lowest BCUT2D eigenvalue weighted by atomic mass is 10.2. The first-order valence-electron chi connectivity index (χ1n) is 7.43. The Kier molecular flexibility index (Phi) is 6.30. The van der Waals surface area contributed by atoms with Gasteiger partial charge in [-0.05, 0) is 50.2 Å². The van der Waals surface area contributed by atoms with Crippen LogP contribution < -0.4 is 15.8 Å². The zero-order chi connectivity index (χ0) is 14.9. The summed E-state index contributed by atoms with van der Waals surface area (Å²) in [7, 11) is 0. The Morgan fingerprint density at radius 3 is 2.62 bits per heavy atom. The van der Waals surface area contributed by atoms with E-state index in [2.05, 4.69) is 15.4 Å². The van der Waals surface area contributed by atoms with Crippen LogP contribution in [0.15, 0.2) is 29.4 Å². The highest BCUT2D eigenvalue weighted by atomic mass is 16.5. The summed E-state index contributed by atoms with van der Waals surface area (Å²) in [6.45, 7) is 6.06. The predicted octanol–water partition coefficient (Wildman–Crippen LogP) is 0.845. The van der Waals surface area contributed by atoms with E-state index < -0.39 is 0 Å². The number of oxime groups is 1. The van der Waals surface area contributed by atoms with Crippen LogP contribution in [0.2, 0.25) is 0 Å². The van der Waals surface area contributed by atoms with Gasteiger partial charge in [0.25, 0.3) is 0 Å². The lowest BCUT2D eigenvalue weighted by Crippen LogP contribution is -2.32. The van der Waals surface area contributed by atoms with E-state index in [4.69, 9.17) is 15.7 Å². The van der Waals surface area contributed by atoms with Crippen LogP contribution in [0.1, 0.15) is 18.4 Å². The Bertz CT molecular complexity index is 441.